The van der Waals surface area contributed by atoms with Gasteiger partial charge in [0, 0.05) is 43.2 Å². The van der Waals surface area contributed by atoms with Gasteiger partial charge in [-0.15, -0.1) is 11.3 Å². The second kappa shape index (κ2) is 12.1. The fourth-order valence-electron chi connectivity index (χ4n) is 5.57. The molecule has 3 aromatic rings. The van der Waals surface area contributed by atoms with Crippen LogP contribution >= 0.6 is 11.3 Å². The number of fused-ring (bicyclic) bond motifs is 1. The van der Waals surface area contributed by atoms with Crippen molar-refractivity contribution in [2.45, 2.75) is 45.1 Å². The smallest absolute Gasteiger partial charge is 0.253 e. The van der Waals surface area contributed by atoms with E-state index in [1.54, 1.807) is 0 Å². The SMILES string of the molecule is CCCCCc1ccc(C(=O)N2CCN(C(=O)CN3CCc4sccc4C3c3ccccc3)CC2)cc1. The molecule has 2 amide bonds. The number of hydrogen-bond acceptors (Lipinski definition) is 4. The van der Waals surface area contributed by atoms with Gasteiger partial charge >= 0.3 is 0 Å². The number of hydrogen-bond donors (Lipinski definition) is 0. The Kier molecular flexibility index (Phi) is 8.37. The van der Waals surface area contributed by atoms with Crippen molar-refractivity contribution in [3.63, 3.8) is 0 Å². The van der Waals surface area contributed by atoms with Crippen LogP contribution in [0.2, 0.25) is 0 Å². The molecule has 0 bridgehead atoms. The third-order valence-corrected chi connectivity index (χ3v) is 8.71. The van der Waals surface area contributed by atoms with Gasteiger partial charge in [-0.1, -0.05) is 62.2 Å². The van der Waals surface area contributed by atoms with Gasteiger partial charge in [0.15, 0.2) is 0 Å². The molecule has 0 N–H and O–H groups in total. The van der Waals surface area contributed by atoms with Crippen molar-refractivity contribution < 1.29 is 9.59 Å². The van der Waals surface area contributed by atoms with Crippen LogP contribution in [0.4, 0.5) is 0 Å². The average Bonchev–Trinajstić information content (AvgIpc) is 3.42. The number of carbonyl (C=O) groups excluding carboxylic acids is 2. The number of rotatable bonds is 8. The Labute approximate surface area is 224 Å². The van der Waals surface area contributed by atoms with Crippen LogP contribution in [-0.2, 0) is 17.6 Å². The van der Waals surface area contributed by atoms with E-state index in [2.05, 4.69) is 59.7 Å². The number of unbranched alkanes of at least 4 members (excludes halogenated alkanes) is 2. The Balaban J connectivity index is 1.17. The maximum absolute atomic E-state index is 13.4. The first-order chi connectivity index (χ1) is 18.1. The molecule has 2 aliphatic heterocycles. The highest BCUT2D eigenvalue weighted by Gasteiger charge is 2.33. The summed E-state index contributed by atoms with van der Waals surface area (Å²) in [5.41, 5.74) is 4.61. The van der Waals surface area contributed by atoms with Crippen molar-refractivity contribution in [2.24, 2.45) is 0 Å². The monoisotopic (exact) mass is 515 g/mol. The number of amides is 2. The Morgan fingerprint density at radius 2 is 1.59 bits per heavy atom. The summed E-state index contributed by atoms with van der Waals surface area (Å²) in [6.45, 7) is 5.84. The lowest BCUT2D eigenvalue weighted by atomic mass is 9.93. The van der Waals surface area contributed by atoms with Gasteiger partial charge in [-0.3, -0.25) is 14.5 Å². The van der Waals surface area contributed by atoms with Crippen LogP contribution in [0.15, 0.2) is 66.0 Å². The first kappa shape index (κ1) is 25.7. The fraction of sp³-hybridized carbons (Fsp3) is 0.419. The Morgan fingerprint density at radius 3 is 2.32 bits per heavy atom. The van der Waals surface area contributed by atoms with Crippen molar-refractivity contribution in [2.75, 3.05) is 39.3 Å². The molecule has 1 fully saturated rings. The first-order valence-corrected chi connectivity index (χ1v) is 14.5. The lowest BCUT2D eigenvalue weighted by Gasteiger charge is -2.39. The zero-order valence-corrected chi connectivity index (χ0v) is 22.6. The number of piperazine rings is 1. The molecule has 1 saturated heterocycles. The molecule has 6 heteroatoms. The summed E-state index contributed by atoms with van der Waals surface area (Å²) in [5, 5.41) is 2.17. The summed E-state index contributed by atoms with van der Waals surface area (Å²) < 4.78 is 0. The van der Waals surface area contributed by atoms with Gasteiger partial charge in [0.25, 0.3) is 5.91 Å². The van der Waals surface area contributed by atoms with Crippen LogP contribution < -0.4 is 0 Å². The molecule has 1 aromatic heterocycles. The van der Waals surface area contributed by atoms with E-state index < -0.39 is 0 Å². The average molecular weight is 516 g/mol. The number of thiophene rings is 1. The molecule has 0 aliphatic carbocycles. The molecule has 5 nitrogen and oxygen atoms in total. The van der Waals surface area contributed by atoms with E-state index in [-0.39, 0.29) is 17.9 Å². The molecule has 0 saturated carbocycles. The molecule has 1 unspecified atom stereocenters. The number of benzene rings is 2. The Morgan fingerprint density at radius 1 is 0.865 bits per heavy atom. The summed E-state index contributed by atoms with van der Waals surface area (Å²) >= 11 is 1.82. The van der Waals surface area contributed by atoms with Gasteiger partial charge in [-0.25, -0.2) is 0 Å². The van der Waals surface area contributed by atoms with Crippen LogP contribution in [0.25, 0.3) is 0 Å². The molecular weight excluding hydrogens is 478 g/mol. The maximum Gasteiger partial charge on any atom is 0.253 e. The minimum atomic E-state index is 0.0670. The minimum absolute atomic E-state index is 0.0670. The lowest BCUT2D eigenvalue weighted by Crippen LogP contribution is -2.53. The van der Waals surface area contributed by atoms with Crippen LogP contribution in [0.1, 0.15) is 64.2 Å². The second-order valence-electron chi connectivity index (χ2n) is 10.2. The summed E-state index contributed by atoms with van der Waals surface area (Å²) in [7, 11) is 0. The molecular formula is C31H37N3O2S. The third kappa shape index (κ3) is 5.97. The van der Waals surface area contributed by atoms with Gasteiger partial charge in [0.2, 0.25) is 5.91 Å². The van der Waals surface area contributed by atoms with Crippen LogP contribution in [0.3, 0.4) is 0 Å². The fourth-order valence-corrected chi connectivity index (χ4v) is 6.48. The van der Waals surface area contributed by atoms with Crippen molar-refractivity contribution in [1.82, 2.24) is 14.7 Å². The highest BCUT2D eigenvalue weighted by molar-refractivity contribution is 7.10. The predicted octanol–water partition coefficient (Wildman–Crippen LogP) is 5.41. The zero-order chi connectivity index (χ0) is 25.6. The van der Waals surface area contributed by atoms with Gasteiger partial charge in [0.05, 0.1) is 12.6 Å². The van der Waals surface area contributed by atoms with E-state index in [0.717, 1.165) is 24.9 Å². The standard InChI is InChI=1S/C31H37N3O2S/c1-2-3-5-8-24-11-13-26(14-12-24)31(36)33-20-18-32(19-21-33)29(35)23-34-17-15-28-27(16-22-37-28)30(34)25-9-6-4-7-10-25/h4,6-7,9-14,16,22,30H,2-3,5,8,15,17-21,23H2,1H3. The van der Waals surface area contributed by atoms with Crippen molar-refractivity contribution in [1.29, 1.82) is 0 Å². The van der Waals surface area contributed by atoms with E-state index >= 15 is 0 Å². The summed E-state index contributed by atoms with van der Waals surface area (Å²) in [4.78, 5) is 34.0. The van der Waals surface area contributed by atoms with Crippen molar-refractivity contribution >= 4 is 23.2 Å². The Bertz CT molecular complexity index is 1180. The summed E-state index contributed by atoms with van der Waals surface area (Å²) in [6.07, 6.45) is 5.70. The van der Waals surface area contributed by atoms with E-state index in [1.165, 1.54) is 40.8 Å². The Hall–Kier alpha value is -2.96. The highest BCUT2D eigenvalue weighted by atomic mass is 32.1. The maximum atomic E-state index is 13.4. The van der Waals surface area contributed by atoms with Gasteiger partial charge in [0.1, 0.15) is 0 Å². The lowest BCUT2D eigenvalue weighted by molar-refractivity contribution is -0.134. The van der Waals surface area contributed by atoms with E-state index in [9.17, 15) is 9.59 Å². The number of carbonyl (C=O) groups is 2. The number of nitrogens with zero attached hydrogens (tertiary/aromatic N) is 3. The van der Waals surface area contributed by atoms with Gasteiger partial charge < -0.3 is 9.80 Å². The van der Waals surface area contributed by atoms with Crippen molar-refractivity contribution in [3.05, 3.63) is 93.2 Å². The molecule has 3 heterocycles. The topological polar surface area (TPSA) is 43.9 Å². The molecule has 2 aromatic carbocycles. The van der Waals surface area contributed by atoms with Crippen LogP contribution in [0.5, 0.6) is 0 Å². The van der Waals surface area contributed by atoms with Crippen LogP contribution in [0, 0.1) is 0 Å². The molecule has 5 rings (SSSR count). The molecule has 2 aliphatic rings. The predicted molar refractivity (Wildman–Crippen MR) is 150 cm³/mol. The van der Waals surface area contributed by atoms with Crippen LogP contribution in [-0.4, -0.2) is 65.8 Å². The molecule has 194 valence electrons. The van der Waals surface area contributed by atoms with E-state index in [1.807, 2.05) is 39.3 Å². The summed E-state index contributed by atoms with van der Waals surface area (Å²) in [5.74, 6) is 0.223. The van der Waals surface area contributed by atoms with E-state index in [4.69, 9.17) is 0 Å². The summed E-state index contributed by atoms with van der Waals surface area (Å²) in [6, 6.07) is 20.9. The third-order valence-electron chi connectivity index (χ3n) is 7.71. The molecule has 0 radical (unpaired) electrons. The number of aryl methyl sites for hydroxylation is 1. The first-order valence-electron chi connectivity index (χ1n) is 13.7. The van der Waals surface area contributed by atoms with E-state index in [0.29, 0.717) is 32.7 Å². The molecule has 37 heavy (non-hydrogen) atoms. The quantitative estimate of drug-likeness (QED) is 0.377. The second-order valence-corrected chi connectivity index (χ2v) is 11.2. The molecule has 1 atom stereocenters. The van der Waals surface area contributed by atoms with Crippen molar-refractivity contribution in [3.8, 4) is 0 Å². The minimum Gasteiger partial charge on any atom is -0.338 e. The highest BCUT2D eigenvalue weighted by Crippen LogP contribution is 2.37. The van der Waals surface area contributed by atoms with Gasteiger partial charge in [-0.05, 0) is 59.5 Å². The normalized spacial score (nSPS) is 18.0. The zero-order valence-electron chi connectivity index (χ0n) is 21.8. The largest absolute Gasteiger partial charge is 0.338 e. The van der Waals surface area contributed by atoms with Gasteiger partial charge in [-0.2, -0.15) is 0 Å². The molecule has 0 spiro atoms.